The molecule has 0 bridgehead atoms. The fourth-order valence-corrected chi connectivity index (χ4v) is 2.29. The summed E-state index contributed by atoms with van der Waals surface area (Å²) in [5.74, 6) is 0. The first-order chi connectivity index (χ1) is 9.15. The summed E-state index contributed by atoms with van der Waals surface area (Å²) in [6.45, 7) is 1.88. The number of anilines is 1. The third-order valence-corrected chi connectivity index (χ3v) is 3.45. The van der Waals surface area contributed by atoms with Crippen molar-refractivity contribution in [2.45, 2.75) is 12.5 Å². The number of likely N-dealkylation sites (N-methyl/N-ethyl adjacent to an activating group) is 1. The summed E-state index contributed by atoms with van der Waals surface area (Å²) >= 11 is 0. The molecule has 1 aromatic carbocycles. The molecule has 2 aromatic rings. The van der Waals surface area contributed by atoms with Crippen LogP contribution >= 0.6 is 12.4 Å². The van der Waals surface area contributed by atoms with Gasteiger partial charge >= 0.3 is 0 Å². The molecule has 1 atom stereocenters. The van der Waals surface area contributed by atoms with Crippen LogP contribution in [0.5, 0.6) is 0 Å². The fourth-order valence-electron chi connectivity index (χ4n) is 2.29. The van der Waals surface area contributed by atoms with E-state index in [1.165, 1.54) is 12.1 Å². The minimum Gasteiger partial charge on any atom is -0.423 e. The molecule has 7 nitrogen and oxygen atoms in total. The number of non-ortho nitro benzene ring substituents is 1. The van der Waals surface area contributed by atoms with Crippen LogP contribution in [-0.2, 0) is 0 Å². The van der Waals surface area contributed by atoms with Gasteiger partial charge in [-0.25, -0.2) is 0 Å². The number of oxazole rings is 1. The Morgan fingerprint density at radius 1 is 1.55 bits per heavy atom. The van der Waals surface area contributed by atoms with Crippen LogP contribution in [0.15, 0.2) is 22.6 Å². The molecule has 1 aliphatic heterocycles. The van der Waals surface area contributed by atoms with Crippen molar-refractivity contribution in [3.8, 4) is 0 Å². The van der Waals surface area contributed by atoms with Crippen LogP contribution in [0.4, 0.5) is 11.7 Å². The van der Waals surface area contributed by atoms with Gasteiger partial charge in [0.25, 0.3) is 11.7 Å². The van der Waals surface area contributed by atoms with Crippen LogP contribution in [0.25, 0.3) is 11.1 Å². The van der Waals surface area contributed by atoms with E-state index in [1.807, 2.05) is 11.9 Å². The number of rotatable bonds is 3. The van der Waals surface area contributed by atoms with Gasteiger partial charge in [-0.2, -0.15) is 4.98 Å². The monoisotopic (exact) mass is 298 g/mol. The van der Waals surface area contributed by atoms with Crippen LogP contribution in [0.3, 0.4) is 0 Å². The summed E-state index contributed by atoms with van der Waals surface area (Å²) in [5, 5.41) is 14.0. The number of fused-ring (bicyclic) bond motifs is 1. The van der Waals surface area contributed by atoms with Gasteiger partial charge in [0.1, 0.15) is 5.52 Å². The molecule has 1 fully saturated rings. The van der Waals surface area contributed by atoms with E-state index in [1.54, 1.807) is 6.07 Å². The molecule has 0 saturated carbocycles. The Hall–Kier alpha value is -1.86. The third-order valence-electron chi connectivity index (χ3n) is 3.45. The Bertz CT molecular complexity index is 624. The van der Waals surface area contributed by atoms with Gasteiger partial charge in [0.2, 0.25) is 0 Å². The molecule has 0 radical (unpaired) electrons. The van der Waals surface area contributed by atoms with Crippen LogP contribution < -0.4 is 10.2 Å². The lowest BCUT2D eigenvalue weighted by Crippen LogP contribution is -2.33. The summed E-state index contributed by atoms with van der Waals surface area (Å²) in [5.41, 5.74) is 1.11. The normalized spacial score (nSPS) is 17.9. The summed E-state index contributed by atoms with van der Waals surface area (Å²) in [7, 11) is 1.93. The Morgan fingerprint density at radius 2 is 2.35 bits per heavy atom. The second-order valence-corrected chi connectivity index (χ2v) is 4.66. The van der Waals surface area contributed by atoms with Crippen molar-refractivity contribution in [3.63, 3.8) is 0 Å². The van der Waals surface area contributed by atoms with Gasteiger partial charge < -0.3 is 14.6 Å². The highest BCUT2D eigenvalue weighted by Crippen LogP contribution is 2.26. The lowest BCUT2D eigenvalue weighted by molar-refractivity contribution is -0.384. The van der Waals surface area contributed by atoms with Crippen LogP contribution in [0.1, 0.15) is 6.42 Å². The average Bonchev–Trinajstić information content (AvgIpc) is 3.06. The van der Waals surface area contributed by atoms with Crippen molar-refractivity contribution < 1.29 is 9.34 Å². The van der Waals surface area contributed by atoms with Crippen molar-refractivity contribution in [1.29, 1.82) is 0 Å². The fraction of sp³-hybridized carbons (Fsp3) is 0.417. The number of hydrogen-bond acceptors (Lipinski definition) is 6. The number of nitro benzene ring substituents is 1. The summed E-state index contributed by atoms with van der Waals surface area (Å²) in [6.07, 6.45) is 1.04. The Labute approximate surface area is 121 Å². The Balaban J connectivity index is 0.00000147. The topological polar surface area (TPSA) is 84.4 Å². The maximum Gasteiger partial charge on any atom is 0.298 e. The number of nitrogens with one attached hydrogen (secondary N) is 1. The molecule has 1 N–H and O–H groups in total. The van der Waals surface area contributed by atoms with Gasteiger partial charge in [-0.15, -0.1) is 12.4 Å². The highest BCUT2D eigenvalue weighted by molar-refractivity contribution is 5.85. The average molecular weight is 299 g/mol. The highest BCUT2D eigenvalue weighted by Gasteiger charge is 2.23. The molecule has 8 heteroatoms. The smallest absolute Gasteiger partial charge is 0.298 e. The predicted octanol–water partition coefficient (Wildman–Crippen LogP) is 1.96. The molecular formula is C12H15ClN4O3. The number of nitrogens with zero attached hydrogens (tertiary/aromatic N) is 3. The van der Waals surface area contributed by atoms with Crippen molar-refractivity contribution in [3.05, 3.63) is 28.3 Å². The van der Waals surface area contributed by atoms with E-state index >= 15 is 0 Å². The number of aromatic nitrogens is 1. The predicted molar refractivity (Wildman–Crippen MR) is 77.6 cm³/mol. The molecule has 0 unspecified atom stereocenters. The molecule has 0 spiro atoms. The van der Waals surface area contributed by atoms with Gasteiger partial charge in [-0.05, 0) is 19.0 Å². The minimum atomic E-state index is -0.432. The number of hydrogen-bond donors (Lipinski definition) is 1. The van der Waals surface area contributed by atoms with E-state index in [4.69, 9.17) is 4.42 Å². The van der Waals surface area contributed by atoms with Crippen molar-refractivity contribution >= 4 is 35.2 Å². The number of halogens is 1. The van der Waals surface area contributed by atoms with Gasteiger partial charge in [-0.3, -0.25) is 10.1 Å². The molecule has 0 amide bonds. The molecule has 1 saturated heterocycles. The highest BCUT2D eigenvalue weighted by atomic mass is 35.5. The number of benzene rings is 1. The van der Waals surface area contributed by atoms with E-state index in [0.717, 1.165) is 19.5 Å². The van der Waals surface area contributed by atoms with E-state index in [0.29, 0.717) is 23.2 Å². The lowest BCUT2D eigenvalue weighted by Gasteiger charge is -2.21. The molecule has 108 valence electrons. The zero-order chi connectivity index (χ0) is 13.4. The zero-order valence-electron chi connectivity index (χ0n) is 10.9. The first-order valence-electron chi connectivity index (χ1n) is 6.13. The SMILES string of the molecule is CN(c1nc2cc([N+](=O)[O-])ccc2o1)[C@@H]1CCNC1.Cl. The molecule has 3 rings (SSSR count). The largest absolute Gasteiger partial charge is 0.423 e. The summed E-state index contributed by atoms with van der Waals surface area (Å²) in [4.78, 5) is 16.6. The standard InChI is InChI=1S/C12H14N4O3.ClH/c1-15(9-4-5-13-7-9)12-14-10-6-8(16(17)18)2-3-11(10)19-12;/h2-3,6,9,13H,4-5,7H2,1H3;1H/t9-;/m1./s1. The molecule has 2 heterocycles. The van der Waals surface area contributed by atoms with E-state index in [9.17, 15) is 10.1 Å². The maximum absolute atomic E-state index is 10.7. The molecular weight excluding hydrogens is 284 g/mol. The molecule has 0 aliphatic carbocycles. The second-order valence-electron chi connectivity index (χ2n) is 4.66. The zero-order valence-corrected chi connectivity index (χ0v) is 11.7. The lowest BCUT2D eigenvalue weighted by atomic mass is 10.2. The first kappa shape index (κ1) is 14.5. The van der Waals surface area contributed by atoms with Crippen LogP contribution in [0.2, 0.25) is 0 Å². The van der Waals surface area contributed by atoms with E-state index in [2.05, 4.69) is 10.3 Å². The quantitative estimate of drug-likeness (QED) is 0.689. The van der Waals surface area contributed by atoms with Crippen molar-refractivity contribution in [2.24, 2.45) is 0 Å². The summed E-state index contributed by atoms with van der Waals surface area (Å²) < 4.78 is 5.64. The Morgan fingerprint density at radius 3 is 3.00 bits per heavy atom. The summed E-state index contributed by atoms with van der Waals surface area (Å²) in [6, 6.07) is 5.30. The Kier molecular flexibility index (Phi) is 4.10. The second kappa shape index (κ2) is 5.64. The third kappa shape index (κ3) is 2.54. The molecule has 1 aromatic heterocycles. The van der Waals surface area contributed by atoms with Gasteiger partial charge in [0.15, 0.2) is 5.58 Å². The van der Waals surface area contributed by atoms with Crippen LogP contribution in [0, 0.1) is 10.1 Å². The minimum absolute atomic E-state index is 0. The van der Waals surface area contributed by atoms with Crippen molar-refractivity contribution in [2.75, 3.05) is 25.0 Å². The van der Waals surface area contributed by atoms with Crippen LogP contribution in [-0.4, -0.2) is 36.1 Å². The van der Waals surface area contributed by atoms with Gasteiger partial charge in [0.05, 0.1) is 4.92 Å². The van der Waals surface area contributed by atoms with Gasteiger partial charge in [0, 0.05) is 31.8 Å². The first-order valence-corrected chi connectivity index (χ1v) is 6.13. The van der Waals surface area contributed by atoms with Crippen molar-refractivity contribution in [1.82, 2.24) is 10.3 Å². The molecule has 20 heavy (non-hydrogen) atoms. The number of nitro groups is 1. The van der Waals surface area contributed by atoms with E-state index < -0.39 is 4.92 Å². The van der Waals surface area contributed by atoms with Gasteiger partial charge in [-0.1, -0.05) is 0 Å². The maximum atomic E-state index is 10.7. The molecule has 1 aliphatic rings. The van der Waals surface area contributed by atoms with E-state index in [-0.39, 0.29) is 18.1 Å².